The van der Waals surface area contributed by atoms with Crippen LogP contribution in [0.2, 0.25) is 0 Å². The molecule has 2 atom stereocenters. The Morgan fingerprint density at radius 1 is 1.33 bits per heavy atom. The molecule has 0 aliphatic carbocycles. The molecule has 0 spiro atoms. The van der Waals surface area contributed by atoms with E-state index in [9.17, 15) is 8.42 Å². The van der Waals surface area contributed by atoms with Crippen molar-refractivity contribution in [1.82, 2.24) is 5.32 Å². The summed E-state index contributed by atoms with van der Waals surface area (Å²) in [6, 6.07) is 0.432. The van der Waals surface area contributed by atoms with Crippen molar-refractivity contribution in [2.75, 3.05) is 31.3 Å². The lowest BCUT2D eigenvalue weighted by Crippen LogP contribution is -2.39. The number of hydrogen-bond acceptors (Lipinski definition) is 4. The maximum Gasteiger partial charge on any atom is 0.150 e. The second-order valence-corrected chi connectivity index (χ2v) is 6.82. The van der Waals surface area contributed by atoms with Crippen LogP contribution >= 0.6 is 0 Å². The Morgan fingerprint density at radius 2 is 2.20 bits per heavy atom. The topological polar surface area (TPSA) is 55.4 Å². The normalized spacial score (nSPS) is 35.5. The second kappa shape index (κ2) is 4.80. The average Bonchev–Trinajstić information content (AvgIpc) is 2.57. The van der Waals surface area contributed by atoms with E-state index < -0.39 is 9.84 Å². The molecule has 0 bridgehead atoms. The van der Waals surface area contributed by atoms with Gasteiger partial charge in [-0.3, -0.25) is 0 Å². The fourth-order valence-electron chi connectivity index (χ4n) is 2.27. The molecule has 0 amide bonds. The molecule has 0 aromatic carbocycles. The summed E-state index contributed by atoms with van der Waals surface area (Å²) in [6.07, 6.45) is 3.09. The van der Waals surface area contributed by atoms with Crippen LogP contribution in [0.3, 0.4) is 0 Å². The molecule has 0 radical (unpaired) electrons. The lowest BCUT2D eigenvalue weighted by Gasteiger charge is -2.24. The summed E-state index contributed by atoms with van der Waals surface area (Å²) in [5.74, 6) is 1.06. The third-order valence-electron chi connectivity index (χ3n) is 3.18. The minimum Gasteiger partial charge on any atom is -0.380 e. The molecular formula is C10H19NO3S. The summed E-state index contributed by atoms with van der Waals surface area (Å²) in [5.41, 5.74) is 0. The zero-order chi connectivity index (χ0) is 10.7. The van der Waals surface area contributed by atoms with Crippen molar-refractivity contribution >= 4 is 9.84 Å². The highest BCUT2D eigenvalue weighted by Gasteiger charge is 2.28. The van der Waals surface area contributed by atoms with Crippen molar-refractivity contribution < 1.29 is 13.2 Å². The zero-order valence-electron chi connectivity index (χ0n) is 8.94. The largest absolute Gasteiger partial charge is 0.380 e. The van der Waals surface area contributed by atoms with E-state index >= 15 is 0 Å². The Hall–Kier alpha value is -0.130. The SMILES string of the molecule is O=S1(=O)CCC(CNC2CCCOC2)C1. The molecule has 88 valence electrons. The molecule has 2 heterocycles. The molecule has 2 rings (SSSR count). The van der Waals surface area contributed by atoms with Crippen LogP contribution in [-0.4, -0.2) is 45.7 Å². The van der Waals surface area contributed by atoms with Crippen LogP contribution in [-0.2, 0) is 14.6 Å². The third kappa shape index (κ3) is 3.43. The van der Waals surface area contributed by atoms with Gasteiger partial charge in [0.25, 0.3) is 0 Å². The van der Waals surface area contributed by atoms with Crippen molar-refractivity contribution in [3.63, 3.8) is 0 Å². The van der Waals surface area contributed by atoms with Gasteiger partial charge in [-0.1, -0.05) is 0 Å². The van der Waals surface area contributed by atoms with E-state index in [2.05, 4.69) is 5.32 Å². The van der Waals surface area contributed by atoms with E-state index in [0.717, 1.165) is 39.0 Å². The van der Waals surface area contributed by atoms with Crippen molar-refractivity contribution in [1.29, 1.82) is 0 Å². The fraction of sp³-hybridized carbons (Fsp3) is 1.00. The Bertz CT molecular complexity index is 296. The van der Waals surface area contributed by atoms with E-state index in [-0.39, 0.29) is 0 Å². The van der Waals surface area contributed by atoms with Gasteiger partial charge in [-0.15, -0.1) is 0 Å². The molecule has 2 unspecified atom stereocenters. The van der Waals surface area contributed by atoms with Crippen LogP contribution in [0.25, 0.3) is 0 Å². The Balaban J connectivity index is 1.70. The summed E-state index contributed by atoms with van der Waals surface area (Å²) in [4.78, 5) is 0. The Morgan fingerprint density at radius 3 is 2.80 bits per heavy atom. The van der Waals surface area contributed by atoms with E-state index in [1.54, 1.807) is 0 Å². The molecule has 0 saturated carbocycles. The minimum atomic E-state index is -2.72. The average molecular weight is 233 g/mol. The van der Waals surface area contributed by atoms with Gasteiger partial charge in [0.15, 0.2) is 9.84 Å². The second-order valence-electron chi connectivity index (χ2n) is 4.59. The minimum absolute atomic E-state index is 0.317. The monoisotopic (exact) mass is 233 g/mol. The van der Waals surface area contributed by atoms with Crippen LogP contribution in [0, 0.1) is 5.92 Å². The molecule has 2 fully saturated rings. The molecule has 5 heteroatoms. The van der Waals surface area contributed by atoms with Crippen LogP contribution in [0.15, 0.2) is 0 Å². The van der Waals surface area contributed by atoms with Gasteiger partial charge in [0.2, 0.25) is 0 Å². The zero-order valence-corrected chi connectivity index (χ0v) is 9.76. The quantitative estimate of drug-likeness (QED) is 0.756. The molecule has 0 aromatic rings. The van der Waals surface area contributed by atoms with E-state index in [1.165, 1.54) is 0 Å². The first kappa shape index (κ1) is 11.4. The number of ether oxygens (including phenoxy) is 1. The highest BCUT2D eigenvalue weighted by Crippen LogP contribution is 2.18. The summed E-state index contributed by atoms with van der Waals surface area (Å²) < 4.78 is 27.8. The van der Waals surface area contributed by atoms with Gasteiger partial charge < -0.3 is 10.1 Å². The maximum atomic E-state index is 11.2. The molecule has 4 nitrogen and oxygen atoms in total. The van der Waals surface area contributed by atoms with Crippen molar-refractivity contribution in [3.8, 4) is 0 Å². The van der Waals surface area contributed by atoms with Gasteiger partial charge in [-0.05, 0) is 31.7 Å². The van der Waals surface area contributed by atoms with Crippen molar-refractivity contribution in [2.45, 2.75) is 25.3 Å². The van der Waals surface area contributed by atoms with Gasteiger partial charge >= 0.3 is 0 Å². The molecule has 2 aliphatic rings. The number of nitrogens with one attached hydrogen (secondary N) is 1. The number of rotatable bonds is 3. The summed E-state index contributed by atoms with van der Waals surface area (Å²) >= 11 is 0. The van der Waals surface area contributed by atoms with Gasteiger partial charge in [-0.2, -0.15) is 0 Å². The van der Waals surface area contributed by atoms with Crippen molar-refractivity contribution in [3.05, 3.63) is 0 Å². The van der Waals surface area contributed by atoms with Crippen LogP contribution in [0.1, 0.15) is 19.3 Å². The van der Waals surface area contributed by atoms with Crippen LogP contribution < -0.4 is 5.32 Å². The molecule has 2 aliphatic heterocycles. The highest BCUT2D eigenvalue weighted by atomic mass is 32.2. The smallest absolute Gasteiger partial charge is 0.150 e. The first-order valence-electron chi connectivity index (χ1n) is 5.67. The molecule has 0 aromatic heterocycles. The van der Waals surface area contributed by atoms with Gasteiger partial charge in [-0.25, -0.2) is 8.42 Å². The van der Waals surface area contributed by atoms with E-state index in [0.29, 0.717) is 23.5 Å². The summed E-state index contributed by atoms with van der Waals surface area (Å²) in [6.45, 7) is 2.47. The summed E-state index contributed by atoms with van der Waals surface area (Å²) in [7, 11) is -2.72. The maximum absolute atomic E-state index is 11.2. The van der Waals surface area contributed by atoms with Crippen LogP contribution in [0.4, 0.5) is 0 Å². The molecule has 2 saturated heterocycles. The highest BCUT2D eigenvalue weighted by molar-refractivity contribution is 7.91. The fourth-order valence-corrected chi connectivity index (χ4v) is 4.13. The van der Waals surface area contributed by atoms with Crippen LogP contribution in [0.5, 0.6) is 0 Å². The first-order valence-corrected chi connectivity index (χ1v) is 7.49. The van der Waals surface area contributed by atoms with Crippen molar-refractivity contribution in [2.24, 2.45) is 5.92 Å². The number of sulfone groups is 1. The lowest BCUT2D eigenvalue weighted by molar-refractivity contribution is 0.0694. The van der Waals surface area contributed by atoms with Gasteiger partial charge in [0.05, 0.1) is 18.1 Å². The molecular weight excluding hydrogens is 214 g/mol. The predicted octanol–water partition coefficient (Wildman–Crippen LogP) is 0.190. The Kier molecular flexibility index (Phi) is 3.64. The van der Waals surface area contributed by atoms with E-state index in [1.807, 2.05) is 0 Å². The summed E-state index contributed by atoms with van der Waals surface area (Å²) in [5, 5.41) is 3.41. The lowest BCUT2D eigenvalue weighted by atomic mass is 10.1. The standard InChI is InChI=1S/C10H19NO3S/c12-15(13)5-3-9(8-15)6-11-10-2-1-4-14-7-10/h9-11H,1-8H2. The Labute approximate surface area is 91.3 Å². The third-order valence-corrected chi connectivity index (χ3v) is 5.02. The van der Waals surface area contributed by atoms with Gasteiger partial charge in [0.1, 0.15) is 0 Å². The first-order chi connectivity index (χ1) is 7.16. The molecule has 1 N–H and O–H groups in total. The van der Waals surface area contributed by atoms with Gasteiger partial charge in [0, 0.05) is 12.6 Å². The molecule has 15 heavy (non-hydrogen) atoms. The predicted molar refractivity (Wildman–Crippen MR) is 58.6 cm³/mol. The number of hydrogen-bond donors (Lipinski definition) is 1. The van der Waals surface area contributed by atoms with E-state index in [4.69, 9.17) is 4.74 Å².